The van der Waals surface area contributed by atoms with Crippen LogP contribution in [-0.4, -0.2) is 41.1 Å². The Balaban J connectivity index is 1.94. The molecule has 0 aromatic heterocycles. The number of rotatable bonds is 0. The zero-order valence-electron chi connectivity index (χ0n) is 7.13. The second kappa shape index (κ2) is 2.20. The van der Waals surface area contributed by atoms with Crippen LogP contribution in [0.25, 0.3) is 0 Å². The Labute approximate surface area is 78.7 Å². The van der Waals surface area contributed by atoms with Gasteiger partial charge in [-0.25, -0.2) is 9.59 Å². The lowest BCUT2D eigenvalue weighted by atomic mass is 9.82. The molecule has 1 N–H and O–H groups in total. The van der Waals surface area contributed by atoms with Gasteiger partial charge in [0.05, 0.1) is 0 Å². The fraction of sp³-hybridized carbons (Fsp3) is 0.750. The van der Waals surface area contributed by atoms with Gasteiger partial charge in [0.15, 0.2) is 11.7 Å². The van der Waals surface area contributed by atoms with E-state index in [1.807, 2.05) is 0 Å². The molecule has 2 aliphatic heterocycles. The van der Waals surface area contributed by atoms with Gasteiger partial charge in [-0.1, -0.05) is 0 Å². The summed E-state index contributed by atoms with van der Waals surface area (Å²) in [6, 6.07) is 0. The molecule has 2 heterocycles. The van der Waals surface area contributed by atoms with Crippen LogP contribution in [0.1, 0.15) is 12.8 Å². The summed E-state index contributed by atoms with van der Waals surface area (Å²) >= 11 is 0. The van der Waals surface area contributed by atoms with Crippen molar-refractivity contribution in [2.24, 2.45) is 0 Å². The molecule has 4 atom stereocenters. The molecule has 0 amide bonds. The van der Waals surface area contributed by atoms with Crippen molar-refractivity contribution in [1.82, 2.24) is 0 Å². The summed E-state index contributed by atoms with van der Waals surface area (Å²) in [5.41, 5.74) is -1.49. The van der Waals surface area contributed by atoms with Crippen molar-refractivity contribution in [3.63, 3.8) is 0 Å². The Kier molecular flexibility index (Phi) is 1.26. The zero-order chi connectivity index (χ0) is 9.92. The minimum atomic E-state index is -1.49. The number of ether oxygens (including phenoxy) is 3. The lowest BCUT2D eigenvalue weighted by Gasteiger charge is -2.28. The Morgan fingerprint density at radius 2 is 1.79 bits per heavy atom. The summed E-state index contributed by atoms with van der Waals surface area (Å²) in [4.78, 5) is 22.0. The van der Waals surface area contributed by atoms with Crippen LogP contribution in [0.2, 0.25) is 0 Å². The lowest BCUT2D eigenvalue weighted by Crippen LogP contribution is -2.47. The fourth-order valence-electron chi connectivity index (χ4n) is 2.27. The minimum Gasteiger partial charge on any atom is -0.456 e. The number of aliphatic hydroxyl groups is 1. The Morgan fingerprint density at radius 3 is 2.50 bits per heavy atom. The highest BCUT2D eigenvalue weighted by Gasteiger charge is 2.62. The van der Waals surface area contributed by atoms with E-state index in [-0.39, 0.29) is 12.8 Å². The number of hydrogen-bond donors (Lipinski definition) is 1. The van der Waals surface area contributed by atoms with E-state index in [0.29, 0.717) is 0 Å². The molecule has 3 rings (SSSR count). The van der Waals surface area contributed by atoms with Gasteiger partial charge in [0.1, 0.15) is 12.2 Å². The van der Waals surface area contributed by atoms with Gasteiger partial charge in [-0.15, -0.1) is 0 Å². The topological polar surface area (TPSA) is 82.1 Å². The smallest absolute Gasteiger partial charge is 0.456 e. The van der Waals surface area contributed by atoms with Gasteiger partial charge in [0, 0.05) is 12.8 Å². The van der Waals surface area contributed by atoms with E-state index in [1.165, 1.54) is 0 Å². The normalized spacial score (nSPS) is 49.4. The summed E-state index contributed by atoms with van der Waals surface area (Å²) in [7, 11) is 0. The highest BCUT2D eigenvalue weighted by molar-refractivity contribution is 5.82. The van der Waals surface area contributed by atoms with Crippen LogP contribution in [0.5, 0.6) is 0 Å². The monoisotopic (exact) mass is 200 g/mol. The molecule has 6 nitrogen and oxygen atoms in total. The lowest BCUT2D eigenvalue weighted by molar-refractivity contribution is -0.155. The van der Waals surface area contributed by atoms with Crippen LogP contribution in [0.15, 0.2) is 0 Å². The molecular weight excluding hydrogens is 192 g/mol. The largest absolute Gasteiger partial charge is 0.509 e. The third-order valence-corrected chi connectivity index (χ3v) is 2.93. The van der Waals surface area contributed by atoms with Crippen LogP contribution >= 0.6 is 0 Å². The summed E-state index contributed by atoms with van der Waals surface area (Å²) in [6.45, 7) is 0. The first-order valence-electron chi connectivity index (χ1n) is 4.39. The third-order valence-electron chi connectivity index (χ3n) is 2.93. The van der Waals surface area contributed by atoms with E-state index in [2.05, 4.69) is 0 Å². The average molecular weight is 200 g/mol. The molecule has 3 aliphatic rings. The molecule has 14 heavy (non-hydrogen) atoms. The molecule has 3 fully saturated rings. The molecule has 0 aromatic carbocycles. The Morgan fingerprint density at radius 1 is 1.14 bits per heavy atom. The van der Waals surface area contributed by atoms with Crippen LogP contribution < -0.4 is 0 Å². The number of carbonyl (C=O) groups is 2. The molecule has 2 bridgehead atoms. The SMILES string of the molecule is O=C1O[C@@H]2[C@@H](C[C@@]3(O)C[C@H]2OC3=O)O1. The van der Waals surface area contributed by atoms with Gasteiger partial charge in [-0.05, 0) is 0 Å². The summed E-state index contributed by atoms with van der Waals surface area (Å²) < 4.78 is 14.5. The zero-order valence-corrected chi connectivity index (χ0v) is 7.13. The first kappa shape index (κ1) is 8.05. The molecule has 0 spiro atoms. The predicted octanol–water partition coefficient (Wildman–Crippen LogP) is -0.659. The number of esters is 1. The second-order valence-corrected chi connectivity index (χ2v) is 3.87. The van der Waals surface area contributed by atoms with E-state index >= 15 is 0 Å². The van der Waals surface area contributed by atoms with Crippen LogP contribution in [0, 0.1) is 0 Å². The molecule has 2 saturated heterocycles. The van der Waals surface area contributed by atoms with Gasteiger partial charge in [0.2, 0.25) is 0 Å². The minimum absolute atomic E-state index is 0.0682. The molecule has 0 radical (unpaired) electrons. The molecule has 76 valence electrons. The van der Waals surface area contributed by atoms with E-state index in [4.69, 9.17) is 14.2 Å². The van der Waals surface area contributed by atoms with Crippen molar-refractivity contribution in [1.29, 1.82) is 0 Å². The third kappa shape index (κ3) is 0.836. The molecule has 6 heteroatoms. The number of fused-ring (bicyclic) bond motifs is 4. The molecule has 0 unspecified atom stereocenters. The fourth-order valence-corrected chi connectivity index (χ4v) is 2.27. The summed E-state index contributed by atoms with van der Waals surface area (Å²) in [6.07, 6.45) is -2.17. The van der Waals surface area contributed by atoms with Crippen molar-refractivity contribution in [3.8, 4) is 0 Å². The highest BCUT2D eigenvalue weighted by atomic mass is 16.8. The molecule has 1 saturated carbocycles. The van der Waals surface area contributed by atoms with Crippen molar-refractivity contribution < 1.29 is 28.9 Å². The molecule has 0 aromatic rings. The van der Waals surface area contributed by atoms with Gasteiger partial charge in [0.25, 0.3) is 0 Å². The van der Waals surface area contributed by atoms with Gasteiger partial charge in [-0.3, -0.25) is 0 Å². The van der Waals surface area contributed by atoms with E-state index in [1.54, 1.807) is 0 Å². The second-order valence-electron chi connectivity index (χ2n) is 3.87. The van der Waals surface area contributed by atoms with Crippen molar-refractivity contribution in [2.45, 2.75) is 36.8 Å². The maximum atomic E-state index is 11.2. The van der Waals surface area contributed by atoms with Gasteiger partial charge >= 0.3 is 12.1 Å². The maximum absolute atomic E-state index is 11.2. The predicted molar refractivity (Wildman–Crippen MR) is 39.2 cm³/mol. The molecule has 1 aliphatic carbocycles. The van der Waals surface area contributed by atoms with Crippen molar-refractivity contribution >= 4 is 12.1 Å². The maximum Gasteiger partial charge on any atom is 0.509 e. The quantitative estimate of drug-likeness (QED) is 0.523. The number of hydrogen-bond acceptors (Lipinski definition) is 6. The Bertz CT molecular complexity index is 324. The van der Waals surface area contributed by atoms with E-state index < -0.39 is 36.0 Å². The summed E-state index contributed by atoms with van der Waals surface area (Å²) in [5, 5.41) is 9.80. The van der Waals surface area contributed by atoms with Crippen LogP contribution in [0.4, 0.5) is 4.79 Å². The number of carbonyl (C=O) groups excluding carboxylic acids is 2. The standard InChI is InChI=1S/C8H8O6/c9-6-8(11)1-3(12-6)5-4(2-8)13-7(10)14-5/h3-5,11H,1-2H2/t3-,4-,5+,8+/m1/s1. The van der Waals surface area contributed by atoms with Crippen molar-refractivity contribution in [3.05, 3.63) is 0 Å². The average Bonchev–Trinajstić information content (AvgIpc) is 2.54. The first-order valence-corrected chi connectivity index (χ1v) is 4.39. The van der Waals surface area contributed by atoms with Crippen molar-refractivity contribution in [2.75, 3.05) is 0 Å². The summed E-state index contributed by atoms with van der Waals surface area (Å²) in [5.74, 6) is -0.642. The molecular formula is C8H8O6. The van der Waals surface area contributed by atoms with E-state index in [9.17, 15) is 14.7 Å². The Hall–Kier alpha value is -1.30. The van der Waals surface area contributed by atoms with E-state index in [0.717, 1.165) is 0 Å². The van der Waals surface area contributed by atoms with Crippen LogP contribution in [-0.2, 0) is 19.0 Å². The first-order chi connectivity index (χ1) is 6.58. The van der Waals surface area contributed by atoms with Gasteiger partial charge in [-0.2, -0.15) is 0 Å². The van der Waals surface area contributed by atoms with Gasteiger partial charge < -0.3 is 19.3 Å². The highest BCUT2D eigenvalue weighted by Crippen LogP contribution is 2.42. The van der Waals surface area contributed by atoms with Crippen LogP contribution in [0.3, 0.4) is 0 Å².